The molecular formula is C23H25N3O3S. The molecule has 0 bridgehead atoms. The molecular weight excluding hydrogens is 398 g/mol. The van der Waals surface area contributed by atoms with Crippen molar-refractivity contribution in [3.63, 3.8) is 0 Å². The fourth-order valence-electron chi connectivity index (χ4n) is 3.86. The van der Waals surface area contributed by atoms with E-state index in [0.29, 0.717) is 37.3 Å². The highest BCUT2D eigenvalue weighted by Gasteiger charge is 2.32. The summed E-state index contributed by atoms with van der Waals surface area (Å²) < 4.78 is 29.4. The lowest BCUT2D eigenvalue weighted by atomic mass is 10.1. The first kappa shape index (κ1) is 20.2. The number of aromatic nitrogens is 1. The summed E-state index contributed by atoms with van der Waals surface area (Å²) >= 11 is 0. The van der Waals surface area contributed by atoms with Gasteiger partial charge in [0, 0.05) is 26.3 Å². The van der Waals surface area contributed by atoms with Gasteiger partial charge in [0.15, 0.2) is 0 Å². The molecule has 0 aliphatic carbocycles. The lowest BCUT2D eigenvalue weighted by Gasteiger charge is -2.18. The number of nitrogens with one attached hydrogen (secondary N) is 1. The molecule has 1 aromatic heterocycles. The molecule has 1 amide bonds. The molecule has 1 N–H and O–H groups in total. The van der Waals surface area contributed by atoms with Gasteiger partial charge in [-0.15, -0.1) is 0 Å². The lowest BCUT2D eigenvalue weighted by Crippen LogP contribution is -2.29. The van der Waals surface area contributed by atoms with Gasteiger partial charge in [-0.2, -0.15) is 0 Å². The summed E-state index contributed by atoms with van der Waals surface area (Å²) in [7, 11) is -2.04. The number of sulfonamides is 1. The van der Waals surface area contributed by atoms with Crippen LogP contribution in [0.25, 0.3) is 0 Å². The Bertz CT molecular complexity index is 1200. The van der Waals surface area contributed by atoms with Crippen molar-refractivity contribution >= 4 is 21.6 Å². The van der Waals surface area contributed by atoms with Gasteiger partial charge in [0.1, 0.15) is 10.6 Å². The number of nitrogens with zero attached hydrogens (tertiary/aromatic N) is 2. The number of anilines is 1. The molecule has 3 aromatic rings. The second kappa shape index (κ2) is 7.99. The van der Waals surface area contributed by atoms with Crippen LogP contribution in [-0.4, -0.2) is 32.0 Å². The summed E-state index contributed by atoms with van der Waals surface area (Å²) in [6.07, 6.45) is 2.91. The Kier molecular flexibility index (Phi) is 5.39. The minimum atomic E-state index is -3.72. The molecule has 0 atom stereocenters. The number of carbonyl (C=O) groups excluding carboxylic acids is 1. The number of carbonyl (C=O) groups is 1. The first-order chi connectivity index (χ1) is 14.4. The smallest absolute Gasteiger partial charge is 0.267 e. The molecule has 0 radical (unpaired) electrons. The highest BCUT2D eigenvalue weighted by molar-refractivity contribution is 7.92. The maximum Gasteiger partial charge on any atom is 0.267 e. The van der Waals surface area contributed by atoms with Crippen LogP contribution in [0.15, 0.2) is 65.7 Å². The summed E-state index contributed by atoms with van der Waals surface area (Å²) in [6, 6.07) is 17.1. The van der Waals surface area contributed by atoms with Crippen LogP contribution in [0.3, 0.4) is 0 Å². The van der Waals surface area contributed by atoms with Crippen LogP contribution in [0.4, 0.5) is 5.69 Å². The van der Waals surface area contributed by atoms with Crippen LogP contribution in [-0.2, 0) is 29.9 Å². The van der Waals surface area contributed by atoms with Gasteiger partial charge in [-0.05, 0) is 43.0 Å². The Balaban J connectivity index is 1.48. The van der Waals surface area contributed by atoms with E-state index in [0.717, 1.165) is 11.1 Å². The number of aryl methyl sites for hydroxylation is 2. The quantitative estimate of drug-likeness (QED) is 0.662. The molecule has 1 aliphatic rings. The molecule has 0 spiro atoms. The molecule has 4 rings (SSSR count). The zero-order chi connectivity index (χ0) is 21.3. The van der Waals surface area contributed by atoms with E-state index in [1.807, 2.05) is 49.4 Å². The Morgan fingerprint density at radius 1 is 1.10 bits per heavy atom. The van der Waals surface area contributed by atoms with Crippen molar-refractivity contribution in [2.45, 2.75) is 24.7 Å². The SMILES string of the molecule is Cc1cccc(CCNC(=O)c2cc(S(=O)(=O)N3CCc4ccccc43)cn2C)c1. The van der Waals surface area contributed by atoms with Crippen molar-refractivity contribution in [1.82, 2.24) is 9.88 Å². The van der Waals surface area contributed by atoms with Crippen LogP contribution in [0.1, 0.15) is 27.2 Å². The number of benzene rings is 2. The first-order valence-electron chi connectivity index (χ1n) is 9.97. The van der Waals surface area contributed by atoms with Gasteiger partial charge in [0.25, 0.3) is 15.9 Å². The third kappa shape index (κ3) is 3.85. The van der Waals surface area contributed by atoms with E-state index in [2.05, 4.69) is 11.4 Å². The van der Waals surface area contributed by atoms with Crippen LogP contribution < -0.4 is 9.62 Å². The maximum atomic E-state index is 13.2. The zero-order valence-corrected chi connectivity index (χ0v) is 17.9. The minimum absolute atomic E-state index is 0.130. The molecule has 0 saturated carbocycles. The van der Waals surface area contributed by atoms with Crippen molar-refractivity contribution in [3.05, 3.63) is 83.2 Å². The molecule has 156 valence electrons. The average Bonchev–Trinajstić information content (AvgIpc) is 3.32. The molecule has 0 saturated heterocycles. The van der Waals surface area contributed by atoms with Crippen LogP contribution in [0, 0.1) is 6.92 Å². The normalized spacial score (nSPS) is 13.3. The lowest BCUT2D eigenvalue weighted by molar-refractivity contribution is 0.0946. The Morgan fingerprint density at radius 3 is 2.70 bits per heavy atom. The Morgan fingerprint density at radius 2 is 1.90 bits per heavy atom. The van der Waals surface area contributed by atoms with Gasteiger partial charge in [-0.1, -0.05) is 48.0 Å². The summed E-state index contributed by atoms with van der Waals surface area (Å²) in [5.41, 5.74) is 4.39. The van der Waals surface area contributed by atoms with Gasteiger partial charge in [0.2, 0.25) is 0 Å². The number of rotatable bonds is 6. The highest BCUT2D eigenvalue weighted by Crippen LogP contribution is 2.33. The van der Waals surface area contributed by atoms with Crippen LogP contribution in [0.5, 0.6) is 0 Å². The van der Waals surface area contributed by atoms with E-state index >= 15 is 0 Å². The second-order valence-corrected chi connectivity index (χ2v) is 9.49. The van der Waals surface area contributed by atoms with E-state index in [1.54, 1.807) is 11.6 Å². The molecule has 30 heavy (non-hydrogen) atoms. The van der Waals surface area contributed by atoms with Gasteiger partial charge < -0.3 is 9.88 Å². The van der Waals surface area contributed by atoms with Crippen LogP contribution in [0.2, 0.25) is 0 Å². The number of hydrogen-bond donors (Lipinski definition) is 1. The molecule has 2 heterocycles. The van der Waals surface area contributed by atoms with Crippen molar-refractivity contribution in [1.29, 1.82) is 0 Å². The third-order valence-electron chi connectivity index (χ3n) is 5.43. The third-order valence-corrected chi connectivity index (χ3v) is 7.21. The molecule has 7 heteroatoms. The summed E-state index contributed by atoms with van der Waals surface area (Å²) in [5.74, 6) is -0.284. The highest BCUT2D eigenvalue weighted by atomic mass is 32.2. The van der Waals surface area contributed by atoms with E-state index < -0.39 is 10.0 Å². The molecule has 2 aromatic carbocycles. The van der Waals surface area contributed by atoms with E-state index in [4.69, 9.17) is 0 Å². The van der Waals surface area contributed by atoms with Crippen molar-refractivity contribution < 1.29 is 13.2 Å². The Hall–Kier alpha value is -3.06. The van der Waals surface area contributed by atoms with Gasteiger partial charge >= 0.3 is 0 Å². The summed E-state index contributed by atoms with van der Waals surface area (Å²) in [6.45, 7) is 2.93. The van der Waals surface area contributed by atoms with Crippen molar-refractivity contribution in [2.24, 2.45) is 7.05 Å². The molecule has 6 nitrogen and oxygen atoms in total. The zero-order valence-electron chi connectivity index (χ0n) is 17.1. The van der Waals surface area contributed by atoms with Gasteiger partial charge in [0.05, 0.1) is 5.69 Å². The molecule has 0 fully saturated rings. The topological polar surface area (TPSA) is 71.4 Å². The van der Waals surface area contributed by atoms with Gasteiger partial charge in [-0.3, -0.25) is 9.10 Å². The number of amides is 1. The maximum absolute atomic E-state index is 13.2. The monoisotopic (exact) mass is 423 g/mol. The van der Waals surface area contributed by atoms with Gasteiger partial charge in [-0.25, -0.2) is 8.42 Å². The van der Waals surface area contributed by atoms with Crippen LogP contribution >= 0.6 is 0 Å². The predicted octanol–water partition coefficient (Wildman–Crippen LogP) is 3.06. The second-order valence-electron chi connectivity index (χ2n) is 7.62. The van der Waals surface area contributed by atoms with E-state index in [-0.39, 0.29) is 10.8 Å². The van der Waals surface area contributed by atoms with E-state index in [1.165, 1.54) is 22.1 Å². The number of para-hydroxylation sites is 1. The van der Waals surface area contributed by atoms with Crippen molar-refractivity contribution in [3.8, 4) is 0 Å². The molecule has 0 unspecified atom stereocenters. The Labute approximate surface area is 177 Å². The summed E-state index contributed by atoms with van der Waals surface area (Å²) in [4.78, 5) is 12.8. The molecule has 1 aliphatic heterocycles. The number of fused-ring (bicyclic) bond motifs is 1. The predicted molar refractivity (Wildman–Crippen MR) is 117 cm³/mol. The van der Waals surface area contributed by atoms with E-state index in [9.17, 15) is 13.2 Å². The fraction of sp³-hybridized carbons (Fsp3) is 0.261. The number of hydrogen-bond acceptors (Lipinski definition) is 3. The summed E-state index contributed by atoms with van der Waals surface area (Å²) in [5, 5.41) is 2.89. The standard InChI is InChI=1S/C23H25N3O3S/c1-17-6-5-7-18(14-17)10-12-24-23(27)22-15-20(16-25(22)2)30(28,29)26-13-11-19-8-3-4-9-21(19)26/h3-9,14-16H,10-13H2,1-2H3,(H,24,27). The largest absolute Gasteiger partial charge is 0.350 e. The van der Waals surface area contributed by atoms with Crippen molar-refractivity contribution in [2.75, 3.05) is 17.4 Å². The fourth-order valence-corrected chi connectivity index (χ4v) is 5.44. The minimum Gasteiger partial charge on any atom is -0.350 e. The first-order valence-corrected chi connectivity index (χ1v) is 11.4. The average molecular weight is 424 g/mol.